The molecular formula is C10H9BO2. The second-order valence-electron chi connectivity index (χ2n) is 2.96. The highest BCUT2D eigenvalue weighted by Crippen LogP contribution is 2.22. The van der Waals surface area contributed by atoms with E-state index in [2.05, 4.69) is 0 Å². The van der Waals surface area contributed by atoms with Crippen molar-refractivity contribution in [1.29, 1.82) is 0 Å². The Hall–Kier alpha value is -1.22. The van der Waals surface area contributed by atoms with E-state index in [4.69, 9.17) is 17.7 Å². The third-order valence-corrected chi connectivity index (χ3v) is 2.02. The zero-order valence-electron chi connectivity index (χ0n) is 7.10. The van der Waals surface area contributed by atoms with Crippen LogP contribution in [0.2, 0.25) is 0 Å². The van der Waals surface area contributed by atoms with E-state index in [1.807, 2.05) is 24.3 Å². The maximum Gasteiger partial charge on any atom is 0.140 e. The number of aliphatic hydroxyl groups is 1. The first-order chi connectivity index (χ1) is 6.31. The Labute approximate surface area is 78.3 Å². The molecule has 3 heteroatoms. The van der Waals surface area contributed by atoms with Crippen LogP contribution in [0.1, 0.15) is 5.56 Å². The van der Waals surface area contributed by atoms with Gasteiger partial charge >= 0.3 is 0 Å². The van der Waals surface area contributed by atoms with Crippen molar-refractivity contribution in [3.8, 4) is 5.75 Å². The van der Waals surface area contributed by atoms with Crippen molar-refractivity contribution in [2.75, 3.05) is 6.61 Å². The smallest absolute Gasteiger partial charge is 0.140 e. The lowest BCUT2D eigenvalue weighted by molar-refractivity contribution is 0.149. The van der Waals surface area contributed by atoms with E-state index in [0.717, 1.165) is 5.56 Å². The molecule has 1 aromatic rings. The first kappa shape index (κ1) is 8.39. The molecule has 1 N–H and O–H groups in total. The maximum absolute atomic E-state index is 8.89. The van der Waals surface area contributed by atoms with Gasteiger partial charge in [-0.1, -0.05) is 29.7 Å². The Kier molecular flexibility index (Phi) is 2.11. The highest BCUT2D eigenvalue weighted by Gasteiger charge is 2.14. The maximum atomic E-state index is 8.89. The predicted molar refractivity (Wildman–Crippen MR) is 52.4 cm³/mol. The van der Waals surface area contributed by atoms with Crippen LogP contribution in [0.3, 0.4) is 0 Å². The molecular weight excluding hydrogens is 163 g/mol. The molecule has 1 atom stereocenters. The number of para-hydroxylation sites is 1. The van der Waals surface area contributed by atoms with Gasteiger partial charge in [0.15, 0.2) is 0 Å². The van der Waals surface area contributed by atoms with E-state index >= 15 is 0 Å². The zero-order chi connectivity index (χ0) is 9.26. The lowest BCUT2D eigenvalue weighted by Gasteiger charge is -2.21. The summed E-state index contributed by atoms with van der Waals surface area (Å²) in [5.41, 5.74) is 1.57. The quantitative estimate of drug-likeness (QED) is 0.615. The van der Waals surface area contributed by atoms with Gasteiger partial charge in [-0.15, -0.1) is 0 Å². The fourth-order valence-electron chi connectivity index (χ4n) is 1.34. The highest BCUT2D eigenvalue weighted by molar-refractivity contribution is 6.34. The molecule has 0 amide bonds. The third-order valence-electron chi connectivity index (χ3n) is 2.02. The second-order valence-corrected chi connectivity index (χ2v) is 2.96. The van der Waals surface area contributed by atoms with Crippen LogP contribution in [0.15, 0.2) is 24.3 Å². The molecule has 64 valence electrons. The average molecular weight is 172 g/mol. The van der Waals surface area contributed by atoms with Gasteiger partial charge in [0.25, 0.3) is 0 Å². The summed E-state index contributed by atoms with van der Waals surface area (Å²) < 4.78 is 5.45. The van der Waals surface area contributed by atoms with Crippen LogP contribution >= 0.6 is 0 Å². The molecule has 0 spiro atoms. The van der Waals surface area contributed by atoms with Gasteiger partial charge < -0.3 is 9.84 Å². The molecule has 0 aromatic heterocycles. The SMILES string of the molecule is [B]c1cccc2c1O[C@@H](CO)C=C2. The zero-order valence-corrected chi connectivity index (χ0v) is 7.10. The third kappa shape index (κ3) is 1.47. The molecule has 0 aliphatic carbocycles. The minimum absolute atomic E-state index is 0.0235. The number of fused-ring (bicyclic) bond motifs is 1. The van der Waals surface area contributed by atoms with Crippen LogP contribution in [0, 0.1) is 0 Å². The molecule has 1 aliphatic rings. The van der Waals surface area contributed by atoms with Gasteiger partial charge in [0.2, 0.25) is 0 Å². The summed E-state index contributed by atoms with van der Waals surface area (Å²) in [5, 5.41) is 8.89. The number of rotatable bonds is 1. The van der Waals surface area contributed by atoms with Gasteiger partial charge in [-0.2, -0.15) is 0 Å². The van der Waals surface area contributed by atoms with Crippen molar-refractivity contribution in [3.05, 3.63) is 29.8 Å². The van der Waals surface area contributed by atoms with Crippen molar-refractivity contribution in [2.24, 2.45) is 0 Å². The summed E-state index contributed by atoms with van der Waals surface area (Å²) in [7, 11) is 5.72. The van der Waals surface area contributed by atoms with E-state index in [1.54, 1.807) is 6.07 Å². The Morgan fingerprint density at radius 2 is 2.31 bits per heavy atom. The molecule has 2 rings (SSSR count). The second kappa shape index (κ2) is 3.26. The Morgan fingerprint density at radius 3 is 3.08 bits per heavy atom. The largest absolute Gasteiger partial charge is 0.484 e. The average Bonchev–Trinajstić information content (AvgIpc) is 2.18. The van der Waals surface area contributed by atoms with Crippen LogP contribution in [-0.4, -0.2) is 25.7 Å². The van der Waals surface area contributed by atoms with Crippen molar-refractivity contribution in [1.82, 2.24) is 0 Å². The summed E-state index contributed by atoms with van der Waals surface area (Å²) in [6.45, 7) is -0.0235. The summed E-state index contributed by atoms with van der Waals surface area (Å²) in [4.78, 5) is 0. The molecule has 1 aliphatic heterocycles. The molecule has 0 fully saturated rings. The van der Waals surface area contributed by atoms with Crippen LogP contribution in [0.4, 0.5) is 0 Å². The number of hydrogen-bond donors (Lipinski definition) is 1. The minimum atomic E-state index is -0.266. The van der Waals surface area contributed by atoms with Gasteiger partial charge in [-0.25, -0.2) is 0 Å². The molecule has 0 saturated carbocycles. The Morgan fingerprint density at radius 1 is 1.46 bits per heavy atom. The van der Waals surface area contributed by atoms with Gasteiger partial charge in [0.1, 0.15) is 19.7 Å². The Balaban J connectivity index is 2.41. The normalized spacial score (nSPS) is 19.3. The van der Waals surface area contributed by atoms with Crippen molar-refractivity contribution in [3.63, 3.8) is 0 Å². The molecule has 2 nitrogen and oxygen atoms in total. The highest BCUT2D eigenvalue weighted by atomic mass is 16.5. The lowest BCUT2D eigenvalue weighted by atomic mass is 9.91. The fraction of sp³-hybridized carbons (Fsp3) is 0.200. The van der Waals surface area contributed by atoms with E-state index in [9.17, 15) is 0 Å². The van der Waals surface area contributed by atoms with Gasteiger partial charge in [0, 0.05) is 5.56 Å². The van der Waals surface area contributed by atoms with E-state index in [-0.39, 0.29) is 12.7 Å². The first-order valence-electron chi connectivity index (χ1n) is 4.15. The number of benzene rings is 1. The number of aliphatic hydroxyl groups excluding tert-OH is 1. The monoisotopic (exact) mass is 172 g/mol. The van der Waals surface area contributed by atoms with Gasteiger partial charge in [0.05, 0.1) is 6.61 Å². The molecule has 13 heavy (non-hydrogen) atoms. The van der Waals surface area contributed by atoms with Crippen LogP contribution in [0.25, 0.3) is 6.08 Å². The van der Waals surface area contributed by atoms with E-state index in [1.165, 1.54) is 0 Å². The van der Waals surface area contributed by atoms with Crippen molar-refractivity contribution >= 4 is 19.4 Å². The number of hydrogen-bond acceptors (Lipinski definition) is 2. The standard InChI is InChI=1S/C10H9BO2/c11-9-3-1-2-7-4-5-8(6-12)13-10(7)9/h1-5,8,12H,6H2/t8-/m1/s1. The molecule has 0 saturated heterocycles. The summed E-state index contributed by atoms with van der Waals surface area (Å²) in [6.07, 6.45) is 3.47. The molecule has 0 unspecified atom stereocenters. The summed E-state index contributed by atoms with van der Waals surface area (Å²) >= 11 is 0. The van der Waals surface area contributed by atoms with Crippen molar-refractivity contribution < 1.29 is 9.84 Å². The van der Waals surface area contributed by atoms with E-state index in [0.29, 0.717) is 11.2 Å². The van der Waals surface area contributed by atoms with Gasteiger partial charge in [-0.3, -0.25) is 0 Å². The molecule has 2 radical (unpaired) electrons. The van der Waals surface area contributed by atoms with Crippen molar-refractivity contribution in [2.45, 2.75) is 6.10 Å². The van der Waals surface area contributed by atoms with Crippen LogP contribution < -0.4 is 10.2 Å². The molecule has 1 heterocycles. The van der Waals surface area contributed by atoms with Gasteiger partial charge in [-0.05, 0) is 6.08 Å². The van der Waals surface area contributed by atoms with Crippen LogP contribution in [0.5, 0.6) is 5.75 Å². The van der Waals surface area contributed by atoms with Crippen LogP contribution in [-0.2, 0) is 0 Å². The minimum Gasteiger partial charge on any atom is -0.484 e. The summed E-state index contributed by atoms with van der Waals surface area (Å²) in [6, 6.07) is 5.59. The molecule has 1 aromatic carbocycles. The lowest BCUT2D eigenvalue weighted by Crippen LogP contribution is -2.24. The Bertz CT molecular complexity index is 347. The fourth-order valence-corrected chi connectivity index (χ4v) is 1.34. The topological polar surface area (TPSA) is 29.5 Å². The first-order valence-corrected chi connectivity index (χ1v) is 4.15. The predicted octanol–water partition coefficient (Wildman–Crippen LogP) is 0.247. The molecule has 0 bridgehead atoms. The number of ether oxygens (including phenoxy) is 1. The van der Waals surface area contributed by atoms with E-state index < -0.39 is 0 Å². The summed E-state index contributed by atoms with van der Waals surface area (Å²) in [5.74, 6) is 0.670.